The van der Waals surface area contributed by atoms with Gasteiger partial charge in [-0.3, -0.25) is 0 Å². The van der Waals surface area contributed by atoms with E-state index in [1.807, 2.05) is 0 Å². The molecule has 0 radical (unpaired) electrons. The minimum absolute atomic E-state index is 0.997. The van der Waals surface area contributed by atoms with Crippen LogP contribution in [-0.2, 0) is 0 Å². The first kappa shape index (κ1) is 8.10. The Morgan fingerprint density at radius 3 is 2.64 bits per heavy atom. The molecule has 11 heavy (non-hydrogen) atoms. The topological polar surface area (TPSA) is 0 Å². The Kier molecular flexibility index (Phi) is 2.55. The van der Waals surface area contributed by atoms with Crippen molar-refractivity contribution in [3.63, 3.8) is 0 Å². The highest BCUT2D eigenvalue weighted by Gasteiger charge is 2.37. The highest BCUT2D eigenvalue weighted by atomic mass is 79.9. The van der Waals surface area contributed by atoms with Gasteiger partial charge in [-0.05, 0) is 43.4 Å². The molecule has 64 valence electrons. The normalized spacial score (nSPS) is 43.9. The molecule has 1 heteroatoms. The molecule has 0 N–H and O–H groups in total. The second-order valence-electron chi connectivity index (χ2n) is 4.28. The lowest BCUT2D eigenvalue weighted by Gasteiger charge is -2.16. The highest BCUT2D eigenvalue weighted by Crippen LogP contribution is 2.48. The van der Waals surface area contributed by atoms with Gasteiger partial charge in [0.15, 0.2) is 0 Å². The SMILES string of the molecule is BrCC1CCCC2CC2CC1. The van der Waals surface area contributed by atoms with Crippen molar-refractivity contribution in [3.8, 4) is 0 Å². The van der Waals surface area contributed by atoms with Gasteiger partial charge in [-0.25, -0.2) is 0 Å². The Balaban J connectivity index is 1.80. The molecule has 0 heterocycles. The number of halogens is 1. The lowest BCUT2D eigenvalue weighted by Crippen LogP contribution is -2.05. The Labute approximate surface area is 77.9 Å². The van der Waals surface area contributed by atoms with Crippen molar-refractivity contribution in [1.82, 2.24) is 0 Å². The van der Waals surface area contributed by atoms with Crippen molar-refractivity contribution in [2.75, 3.05) is 5.33 Å². The predicted molar refractivity (Wildman–Crippen MR) is 52.0 cm³/mol. The predicted octanol–water partition coefficient (Wildman–Crippen LogP) is 3.60. The van der Waals surface area contributed by atoms with Crippen LogP contribution in [0, 0.1) is 17.8 Å². The van der Waals surface area contributed by atoms with E-state index in [0.717, 1.165) is 17.8 Å². The number of hydrogen-bond donors (Lipinski definition) is 0. The van der Waals surface area contributed by atoms with Gasteiger partial charge in [0.25, 0.3) is 0 Å². The zero-order valence-corrected chi connectivity index (χ0v) is 8.65. The van der Waals surface area contributed by atoms with E-state index in [1.54, 1.807) is 6.42 Å². The van der Waals surface area contributed by atoms with Gasteiger partial charge in [0.1, 0.15) is 0 Å². The van der Waals surface area contributed by atoms with Crippen molar-refractivity contribution < 1.29 is 0 Å². The number of alkyl halides is 1. The Morgan fingerprint density at radius 2 is 1.82 bits per heavy atom. The summed E-state index contributed by atoms with van der Waals surface area (Å²) < 4.78 is 0. The zero-order chi connectivity index (χ0) is 7.68. The fraction of sp³-hybridized carbons (Fsp3) is 1.00. The third-order valence-corrected chi connectivity index (χ3v) is 4.34. The molecule has 2 aliphatic rings. The molecule has 2 rings (SSSR count). The van der Waals surface area contributed by atoms with E-state index in [4.69, 9.17) is 0 Å². The summed E-state index contributed by atoms with van der Waals surface area (Å²) in [6.07, 6.45) is 9.10. The van der Waals surface area contributed by atoms with Crippen molar-refractivity contribution in [1.29, 1.82) is 0 Å². The minimum Gasteiger partial charge on any atom is -0.0925 e. The van der Waals surface area contributed by atoms with Crippen molar-refractivity contribution in [3.05, 3.63) is 0 Å². The molecule has 0 aromatic rings. The van der Waals surface area contributed by atoms with Gasteiger partial charge in [0.2, 0.25) is 0 Å². The summed E-state index contributed by atoms with van der Waals surface area (Å²) >= 11 is 3.60. The molecule has 0 aromatic carbocycles. The zero-order valence-electron chi connectivity index (χ0n) is 7.06. The fourth-order valence-electron chi connectivity index (χ4n) is 2.43. The molecule has 0 nitrogen and oxygen atoms in total. The number of rotatable bonds is 1. The van der Waals surface area contributed by atoms with Crippen LogP contribution in [0.15, 0.2) is 0 Å². The van der Waals surface area contributed by atoms with Crippen molar-refractivity contribution in [2.24, 2.45) is 17.8 Å². The van der Waals surface area contributed by atoms with Crippen LogP contribution in [0.2, 0.25) is 0 Å². The molecule has 2 aliphatic carbocycles. The van der Waals surface area contributed by atoms with Crippen LogP contribution in [0.3, 0.4) is 0 Å². The van der Waals surface area contributed by atoms with Crippen LogP contribution >= 0.6 is 15.9 Å². The van der Waals surface area contributed by atoms with Gasteiger partial charge in [0.05, 0.1) is 0 Å². The first-order valence-corrected chi connectivity index (χ1v) is 6.08. The molecule has 0 aromatic heterocycles. The molecular weight excluding hydrogens is 200 g/mol. The van der Waals surface area contributed by atoms with E-state index in [2.05, 4.69) is 15.9 Å². The Hall–Kier alpha value is 0.480. The molecule has 2 fully saturated rings. The lowest BCUT2D eigenvalue weighted by atomic mass is 9.93. The van der Waals surface area contributed by atoms with Gasteiger partial charge in [-0.15, -0.1) is 0 Å². The van der Waals surface area contributed by atoms with E-state index < -0.39 is 0 Å². The van der Waals surface area contributed by atoms with Crippen LogP contribution in [0.5, 0.6) is 0 Å². The van der Waals surface area contributed by atoms with Gasteiger partial charge in [-0.2, -0.15) is 0 Å². The summed E-state index contributed by atoms with van der Waals surface area (Å²) in [6.45, 7) is 0. The lowest BCUT2D eigenvalue weighted by molar-refractivity contribution is 0.399. The van der Waals surface area contributed by atoms with Gasteiger partial charge < -0.3 is 0 Å². The molecule has 3 atom stereocenters. The van der Waals surface area contributed by atoms with E-state index in [-0.39, 0.29) is 0 Å². The summed E-state index contributed by atoms with van der Waals surface area (Å²) in [7, 11) is 0. The third-order valence-electron chi connectivity index (χ3n) is 3.42. The molecular formula is C10H17Br. The number of fused-ring (bicyclic) bond motifs is 1. The average molecular weight is 217 g/mol. The fourth-order valence-corrected chi connectivity index (χ4v) is 3.08. The van der Waals surface area contributed by atoms with Crippen LogP contribution in [0.25, 0.3) is 0 Å². The smallest absolute Gasteiger partial charge is 0.00596 e. The first-order valence-electron chi connectivity index (χ1n) is 4.96. The van der Waals surface area contributed by atoms with Crippen LogP contribution < -0.4 is 0 Å². The average Bonchev–Trinajstić information content (AvgIpc) is 2.68. The van der Waals surface area contributed by atoms with Crippen LogP contribution in [-0.4, -0.2) is 5.33 Å². The van der Waals surface area contributed by atoms with Gasteiger partial charge in [0, 0.05) is 5.33 Å². The maximum Gasteiger partial charge on any atom is 0.00596 e. The summed E-state index contributed by atoms with van der Waals surface area (Å²) in [4.78, 5) is 0. The van der Waals surface area contributed by atoms with E-state index in [1.165, 1.54) is 37.4 Å². The monoisotopic (exact) mass is 216 g/mol. The minimum atomic E-state index is 0.997. The summed E-state index contributed by atoms with van der Waals surface area (Å²) in [5.74, 6) is 3.31. The molecule has 2 saturated carbocycles. The standard InChI is InChI=1S/C10H17Br/c11-7-8-2-1-3-9-6-10(9)5-4-8/h8-10H,1-7H2. The maximum atomic E-state index is 3.60. The first-order chi connectivity index (χ1) is 5.40. The highest BCUT2D eigenvalue weighted by molar-refractivity contribution is 9.09. The van der Waals surface area contributed by atoms with Crippen molar-refractivity contribution in [2.45, 2.75) is 38.5 Å². The molecule has 0 saturated heterocycles. The Morgan fingerprint density at radius 1 is 1.00 bits per heavy atom. The van der Waals surface area contributed by atoms with E-state index in [0.29, 0.717) is 0 Å². The van der Waals surface area contributed by atoms with Crippen LogP contribution in [0.4, 0.5) is 0 Å². The summed E-state index contributed by atoms with van der Waals surface area (Å²) in [6, 6.07) is 0. The van der Waals surface area contributed by atoms with E-state index in [9.17, 15) is 0 Å². The third kappa shape index (κ3) is 1.99. The largest absolute Gasteiger partial charge is 0.0925 e. The quantitative estimate of drug-likeness (QED) is 0.588. The maximum absolute atomic E-state index is 3.60. The molecule has 0 spiro atoms. The number of hydrogen-bond acceptors (Lipinski definition) is 0. The summed E-state index contributed by atoms with van der Waals surface area (Å²) in [5, 5.41) is 1.24. The van der Waals surface area contributed by atoms with Crippen molar-refractivity contribution >= 4 is 15.9 Å². The second-order valence-corrected chi connectivity index (χ2v) is 4.93. The Bertz CT molecular complexity index is 133. The molecule has 0 bridgehead atoms. The van der Waals surface area contributed by atoms with Crippen LogP contribution in [0.1, 0.15) is 38.5 Å². The summed E-state index contributed by atoms with van der Waals surface area (Å²) in [5.41, 5.74) is 0. The van der Waals surface area contributed by atoms with E-state index >= 15 is 0 Å². The van der Waals surface area contributed by atoms with Gasteiger partial charge in [-0.1, -0.05) is 28.8 Å². The molecule has 0 aliphatic heterocycles. The molecule has 3 unspecified atom stereocenters. The van der Waals surface area contributed by atoms with Gasteiger partial charge >= 0.3 is 0 Å². The second kappa shape index (κ2) is 3.47. The molecule has 0 amide bonds.